The Bertz CT molecular complexity index is 678. The monoisotopic (exact) mass is 350 g/mol. The van der Waals surface area contributed by atoms with Gasteiger partial charge in [-0.2, -0.15) is 15.0 Å². The van der Waals surface area contributed by atoms with Gasteiger partial charge in [0.15, 0.2) is 11.5 Å². The quantitative estimate of drug-likeness (QED) is 0.605. The number of anilines is 1. The summed E-state index contributed by atoms with van der Waals surface area (Å²) >= 11 is 1.66. The number of hydrogen-bond donors (Lipinski definition) is 1. The lowest BCUT2D eigenvalue weighted by Crippen LogP contribution is -2.18. The summed E-state index contributed by atoms with van der Waals surface area (Å²) < 4.78 is 14.3. The largest absolute Gasteiger partial charge is 0.369 e. The van der Waals surface area contributed by atoms with Crippen molar-refractivity contribution in [2.24, 2.45) is 4.99 Å². The summed E-state index contributed by atoms with van der Waals surface area (Å²) in [6.07, 6.45) is 2.43. The van der Waals surface area contributed by atoms with Gasteiger partial charge in [0, 0.05) is 19.0 Å². The number of nitrogens with zero attached hydrogens (tertiary/aromatic N) is 5. The maximum atomic E-state index is 14.3. The van der Waals surface area contributed by atoms with E-state index in [1.165, 1.54) is 18.7 Å². The number of aromatic nitrogens is 3. The Balaban J connectivity index is 2.35. The van der Waals surface area contributed by atoms with Crippen LogP contribution in [0.15, 0.2) is 22.5 Å². The fourth-order valence-electron chi connectivity index (χ4n) is 1.94. The van der Waals surface area contributed by atoms with Crippen molar-refractivity contribution < 1.29 is 4.39 Å². The molecule has 0 amide bonds. The summed E-state index contributed by atoms with van der Waals surface area (Å²) in [6, 6.07) is 4.12. The molecule has 2 aromatic heterocycles. The van der Waals surface area contributed by atoms with Crippen molar-refractivity contribution in [1.82, 2.24) is 19.9 Å². The third-order valence-electron chi connectivity index (χ3n) is 3.16. The number of hydrogen-bond acceptors (Lipinski definition) is 6. The van der Waals surface area contributed by atoms with E-state index in [2.05, 4.69) is 38.3 Å². The average molecular weight is 350 g/mol. The van der Waals surface area contributed by atoms with Crippen LogP contribution in [0.25, 0.3) is 0 Å². The first kappa shape index (κ1) is 18.3. The van der Waals surface area contributed by atoms with Crippen LogP contribution in [0.2, 0.25) is 0 Å². The van der Waals surface area contributed by atoms with Gasteiger partial charge in [-0.25, -0.2) is 9.38 Å². The maximum absolute atomic E-state index is 14.3. The van der Waals surface area contributed by atoms with Crippen molar-refractivity contribution in [1.29, 1.82) is 0 Å². The van der Waals surface area contributed by atoms with Gasteiger partial charge in [0.25, 0.3) is 5.95 Å². The summed E-state index contributed by atoms with van der Waals surface area (Å²) in [4.78, 5) is 19.8. The molecule has 8 heteroatoms. The van der Waals surface area contributed by atoms with E-state index >= 15 is 0 Å². The SMILES string of the molecule is CCC(Nc1nc(/N=C/N(C)C)nc(C(C)(C)F)n1)c1cccs1. The molecule has 0 aliphatic carbocycles. The van der Waals surface area contributed by atoms with Crippen LogP contribution in [0.1, 0.15) is 43.9 Å². The topological polar surface area (TPSA) is 66.3 Å². The fourth-order valence-corrected chi connectivity index (χ4v) is 2.80. The molecule has 2 heterocycles. The van der Waals surface area contributed by atoms with Gasteiger partial charge >= 0.3 is 0 Å². The number of rotatable bonds is 7. The normalized spacial score (nSPS) is 13.2. The molecule has 0 saturated heterocycles. The zero-order valence-electron chi connectivity index (χ0n) is 14.6. The Hall–Kier alpha value is -2.09. The molecule has 2 aromatic rings. The highest BCUT2D eigenvalue weighted by Gasteiger charge is 2.25. The van der Waals surface area contributed by atoms with Crippen LogP contribution in [0.3, 0.4) is 0 Å². The molecule has 2 rings (SSSR count). The van der Waals surface area contributed by atoms with E-state index in [4.69, 9.17) is 0 Å². The summed E-state index contributed by atoms with van der Waals surface area (Å²) in [5.41, 5.74) is -1.67. The molecule has 1 atom stereocenters. The smallest absolute Gasteiger partial charge is 0.255 e. The van der Waals surface area contributed by atoms with Crippen LogP contribution in [0, 0.1) is 0 Å². The van der Waals surface area contributed by atoms with Crippen molar-refractivity contribution in [3.8, 4) is 0 Å². The minimum Gasteiger partial charge on any atom is -0.369 e. The second-order valence-corrected chi connectivity index (χ2v) is 7.06. The van der Waals surface area contributed by atoms with E-state index in [1.54, 1.807) is 22.6 Å². The molecule has 1 unspecified atom stereocenters. The minimum absolute atomic E-state index is 0.0620. The van der Waals surface area contributed by atoms with Crippen molar-refractivity contribution in [2.45, 2.75) is 38.9 Å². The van der Waals surface area contributed by atoms with Gasteiger partial charge in [-0.05, 0) is 31.7 Å². The van der Waals surface area contributed by atoms with Crippen molar-refractivity contribution in [3.05, 3.63) is 28.2 Å². The van der Waals surface area contributed by atoms with Crippen molar-refractivity contribution in [3.63, 3.8) is 0 Å². The zero-order chi connectivity index (χ0) is 17.7. The molecule has 0 spiro atoms. The number of thiophene rings is 1. The standard InChI is InChI=1S/C16H23FN6S/c1-6-11(12-8-7-9-24-12)19-15-21-13(16(2,3)17)20-14(22-15)18-10-23(4)5/h7-11H,6H2,1-5H3,(H,19,20,21,22)/b18-10+. The third kappa shape index (κ3) is 4.95. The fraction of sp³-hybridized carbons (Fsp3) is 0.500. The first-order valence-electron chi connectivity index (χ1n) is 7.75. The lowest BCUT2D eigenvalue weighted by atomic mass is 10.1. The summed E-state index contributed by atoms with van der Waals surface area (Å²) in [6.45, 7) is 4.91. The maximum Gasteiger partial charge on any atom is 0.255 e. The predicted octanol–water partition coefficient (Wildman–Crippen LogP) is 3.92. The van der Waals surface area contributed by atoms with Crippen LogP contribution in [0.5, 0.6) is 0 Å². The van der Waals surface area contributed by atoms with Crippen LogP contribution in [0.4, 0.5) is 16.3 Å². The molecule has 1 N–H and O–H groups in total. The van der Waals surface area contributed by atoms with E-state index in [0.29, 0.717) is 5.95 Å². The Morgan fingerprint density at radius 3 is 2.67 bits per heavy atom. The van der Waals surface area contributed by atoms with E-state index in [1.807, 2.05) is 25.5 Å². The molecular weight excluding hydrogens is 327 g/mol. The number of alkyl halides is 1. The number of aliphatic imine (C=N–C) groups is 1. The highest BCUT2D eigenvalue weighted by molar-refractivity contribution is 7.10. The average Bonchev–Trinajstić information content (AvgIpc) is 3.03. The van der Waals surface area contributed by atoms with Gasteiger partial charge in [-0.3, -0.25) is 0 Å². The van der Waals surface area contributed by atoms with Gasteiger partial charge in [0.1, 0.15) is 0 Å². The number of halogens is 1. The second kappa shape index (κ2) is 7.65. The van der Waals surface area contributed by atoms with E-state index < -0.39 is 5.67 Å². The highest BCUT2D eigenvalue weighted by Crippen LogP contribution is 2.27. The van der Waals surface area contributed by atoms with Gasteiger partial charge in [-0.1, -0.05) is 13.0 Å². The molecule has 0 radical (unpaired) electrons. The van der Waals surface area contributed by atoms with Gasteiger partial charge in [-0.15, -0.1) is 11.3 Å². The molecule has 0 bridgehead atoms. The van der Waals surface area contributed by atoms with Crippen molar-refractivity contribution in [2.75, 3.05) is 19.4 Å². The van der Waals surface area contributed by atoms with Crippen LogP contribution in [-0.2, 0) is 5.67 Å². The molecule has 0 fully saturated rings. The first-order valence-corrected chi connectivity index (χ1v) is 8.63. The highest BCUT2D eigenvalue weighted by atomic mass is 32.1. The molecule has 0 saturated carbocycles. The Labute approximate surface area is 145 Å². The molecular formula is C16H23FN6S. The Morgan fingerprint density at radius 1 is 1.38 bits per heavy atom. The molecule has 0 aliphatic rings. The molecule has 0 aromatic carbocycles. The summed E-state index contributed by atoms with van der Waals surface area (Å²) in [7, 11) is 3.68. The number of nitrogens with one attached hydrogen (secondary N) is 1. The van der Waals surface area contributed by atoms with E-state index in [-0.39, 0.29) is 17.8 Å². The van der Waals surface area contributed by atoms with Gasteiger partial charge in [0.2, 0.25) is 5.95 Å². The molecule has 6 nitrogen and oxygen atoms in total. The van der Waals surface area contributed by atoms with Crippen LogP contribution in [-0.4, -0.2) is 40.3 Å². The summed E-state index contributed by atoms with van der Waals surface area (Å²) in [5.74, 6) is 0.576. The van der Waals surface area contributed by atoms with Crippen LogP contribution >= 0.6 is 11.3 Å². The lowest BCUT2D eigenvalue weighted by molar-refractivity contribution is 0.206. The Morgan fingerprint density at radius 2 is 2.12 bits per heavy atom. The predicted molar refractivity (Wildman–Crippen MR) is 96.8 cm³/mol. The molecule has 24 heavy (non-hydrogen) atoms. The van der Waals surface area contributed by atoms with E-state index in [0.717, 1.165) is 6.42 Å². The van der Waals surface area contributed by atoms with Gasteiger partial charge < -0.3 is 10.2 Å². The molecule has 130 valence electrons. The zero-order valence-corrected chi connectivity index (χ0v) is 15.4. The minimum atomic E-state index is -1.67. The first-order chi connectivity index (χ1) is 11.3. The summed E-state index contributed by atoms with van der Waals surface area (Å²) in [5, 5.41) is 5.29. The molecule has 0 aliphatic heterocycles. The van der Waals surface area contributed by atoms with Gasteiger partial charge in [0.05, 0.1) is 12.4 Å². The Kier molecular flexibility index (Phi) is 5.82. The third-order valence-corrected chi connectivity index (χ3v) is 4.14. The lowest BCUT2D eigenvalue weighted by Gasteiger charge is -2.18. The van der Waals surface area contributed by atoms with Crippen molar-refractivity contribution >= 4 is 29.6 Å². The van der Waals surface area contributed by atoms with Crippen LogP contribution < -0.4 is 5.32 Å². The van der Waals surface area contributed by atoms with E-state index in [9.17, 15) is 4.39 Å². The second-order valence-electron chi connectivity index (χ2n) is 6.08.